The SMILES string of the molecule is CN(CCc1ccccc1)C[C@@H](NC(=O)c1ccccc1)C(=O)O. The molecule has 5 heteroatoms. The fourth-order valence-corrected chi connectivity index (χ4v) is 2.38. The smallest absolute Gasteiger partial charge is 0.327 e. The fraction of sp³-hybridized carbons (Fsp3) is 0.263. The number of nitrogens with one attached hydrogen (secondary N) is 1. The van der Waals surface area contributed by atoms with Gasteiger partial charge in [0.2, 0.25) is 0 Å². The zero-order valence-corrected chi connectivity index (χ0v) is 13.7. The molecule has 0 aliphatic carbocycles. The van der Waals surface area contributed by atoms with E-state index in [1.54, 1.807) is 24.3 Å². The normalized spacial score (nSPS) is 11.9. The molecule has 0 unspecified atom stereocenters. The van der Waals surface area contributed by atoms with Crippen LogP contribution in [0.2, 0.25) is 0 Å². The van der Waals surface area contributed by atoms with Gasteiger partial charge in [0.05, 0.1) is 0 Å². The molecule has 2 aromatic carbocycles. The van der Waals surface area contributed by atoms with Gasteiger partial charge in [0.15, 0.2) is 0 Å². The van der Waals surface area contributed by atoms with Crippen molar-refractivity contribution in [2.75, 3.05) is 20.1 Å². The quantitative estimate of drug-likeness (QED) is 0.779. The Kier molecular flexibility index (Phi) is 6.51. The minimum atomic E-state index is -1.04. The van der Waals surface area contributed by atoms with E-state index < -0.39 is 12.0 Å². The van der Waals surface area contributed by atoms with E-state index in [-0.39, 0.29) is 12.5 Å². The number of hydrogen-bond acceptors (Lipinski definition) is 3. The summed E-state index contributed by atoms with van der Waals surface area (Å²) >= 11 is 0. The number of nitrogens with zero attached hydrogens (tertiary/aromatic N) is 1. The van der Waals surface area contributed by atoms with Crippen LogP contribution in [0.15, 0.2) is 60.7 Å². The third-order valence-corrected chi connectivity index (χ3v) is 3.76. The number of hydrogen-bond donors (Lipinski definition) is 2. The second kappa shape index (κ2) is 8.84. The van der Waals surface area contributed by atoms with Crippen LogP contribution < -0.4 is 5.32 Å². The Bertz CT molecular complexity index is 659. The van der Waals surface area contributed by atoms with Gasteiger partial charge < -0.3 is 15.3 Å². The third kappa shape index (κ3) is 5.52. The first-order valence-electron chi connectivity index (χ1n) is 7.87. The monoisotopic (exact) mass is 326 g/mol. The van der Waals surface area contributed by atoms with Crippen molar-refractivity contribution in [3.05, 3.63) is 71.8 Å². The molecule has 0 aromatic heterocycles. The van der Waals surface area contributed by atoms with Crippen LogP contribution in [-0.4, -0.2) is 48.1 Å². The Morgan fingerprint density at radius 3 is 2.21 bits per heavy atom. The molecule has 2 aromatic rings. The third-order valence-electron chi connectivity index (χ3n) is 3.76. The van der Waals surface area contributed by atoms with Crippen molar-refractivity contribution >= 4 is 11.9 Å². The van der Waals surface area contributed by atoms with Crippen LogP contribution >= 0.6 is 0 Å². The fourth-order valence-electron chi connectivity index (χ4n) is 2.38. The zero-order chi connectivity index (χ0) is 17.4. The van der Waals surface area contributed by atoms with Crippen molar-refractivity contribution in [2.24, 2.45) is 0 Å². The van der Waals surface area contributed by atoms with Crippen molar-refractivity contribution in [2.45, 2.75) is 12.5 Å². The van der Waals surface area contributed by atoms with E-state index in [9.17, 15) is 14.7 Å². The topological polar surface area (TPSA) is 69.6 Å². The summed E-state index contributed by atoms with van der Waals surface area (Å²) in [5, 5.41) is 11.9. The molecule has 0 aliphatic rings. The van der Waals surface area contributed by atoms with Gasteiger partial charge in [0.1, 0.15) is 6.04 Å². The molecular formula is C19H22N2O3. The average molecular weight is 326 g/mol. The van der Waals surface area contributed by atoms with Crippen molar-refractivity contribution in [3.63, 3.8) is 0 Å². The van der Waals surface area contributed by atoms with Crippen LogP contribution in [0, 0.1) is 0 Å². The summed E-state index contributed by atoms with van der Waals surface area (Å²) in [6, 6.07) is 17.7. The maximum absolute atomic E-state index is 12.1. The Morgan fingerprint density at radius 1 is 1.04 bits per heavy atom. The molecule has 0 saturated carbocycles. The lowest BCUT2D eigenvalue weighted by molar-refractivity contribution is -0.139. The molecule has 5 nitrogen and oxygen atoms in total. The van der Waals surface area contributed by atoms with Gasteiger partial charge in [-0.2, -0.15) is 0 Å². The second-order valence-electron chi connectivity index (χ2n) is 5.73. The van der Waals surface area contributed by atoms with E-state index in [1.807, 2.05) is 48.3 Å². The average Bonchev–Trinajstić information content (AvgIpc) is 2.61. The van der Waals surface area contributed by atoms with Crippen molar-refractivity contribution < 1.29 is 14.7 Å². The predicted octanol–water partition coefficient (Wildman–Crippen LogP) is 2.04. The summed E-state index contributed by atoms with van der Waals surface area (Å²) < 4.78 is 0. The number of rotatable bonds is 8. The molecular weight excluding hydrogens is 304 g/mol. The first kappa shape index (κ1) is 17.7. The van der Waals surface area contributed by atoms with Gasteiger partial charge in [0.25, 0.3) is 5.91 Å². The van der Waals surface area contributed by atoms with Gasteiger partial charge in [-0.15, -0.1) is 0 Å². The molecule has 1 amide bonds. The molecule has 0 spiro atoms. The summed E-state index contributed by atoms with van der Waals surface area (Å²) in [6.07, 6.45) is 0.830. The number of likely N-dealkylation sites (N-methyl/N-ethyl adjacent to an activating group) is 1. The van der Waals surface area contributed by atoms with Crippen LogP contribution in [0.5, 0.6) is 0 Å². The molecule has 0 bridgehead atoms. The van der Waals surface area contributed by atoms with Crippen molar-refractivity contribution in [3.8, 4) is 0 Å². The van der Waals surface area contributed by atoms with E-state index in [0.29, 0.717) is 5.56 Å². The zero-order valence-electron chi connectivity index (χ0n) is 13.7. The van der Waals surface area contributed by atoms with E-state index in [2.05, 4.69) is 5.32 Å². The maximum Gasteiger partial charge on any atom is 0.327 e. The predicted molar refractivity (Wildman–Crippen MR) is 93.0 cm³/mol. The molecule has 0 saturated heterocycles. The molecule has 0 aliphatic heterocycles. The van der Waals surface area contributed by atoms with E-state index in [1.165, 1.54) is 5.56 Å². The van der Waals surface area contributed by atoms with E-state index in [4.69, 9.17) is 0 Å². The largest absolute Gasteiger partial charge is 0.480 e. The van der Waals surface area contributed by atoms with E-state index >= 15 is 0 Å². The highest BCUT2D eigenvalue weighted by Crippen LogP contribution is 2.03. The minimum absolute atomic E-state index is 0.251. The van der Waals surface area contributed by atoms with Gasteiger partial charge in [-0.05, 0) is 31.2 Å². The number of aliphatic carboxylic acids is 1. The molecule has 24 heavy (non-hydrogen) atoms. The number of carboxylic acid groups (broad SMARTS) is 1. The molecule has 126 valence electrons. The standard InChI is InChI=1S/C19H22N2O3/c1-21(13-12-15-8-4-2-5-9-15)14-17(19(23)24)20-18(22)16-10-6-3-7-11-16/h2-11,17H,12-14H2,1H3,(H,20,22)(H,23,24)/t17-/m1/s1. The highest BCUT2D eigenvalue weighted by atomic mass is 16.4. The van der Waals surface area contributed by atoms with Gasteiger partial charge in [-0.3, -0.25) is 4.79 Å². The first-order valence-corrected chi connectivity index (χ1v) is 7.87. The number of benzene rings is 2. The lowest BCUT2D eigenvalue weighted by Gasteiger charge is -2.22. The first-order chi connectivity index (χ1) is 11.6. The van der Waals surface area contributed by atoms with Crippen molar-refractivity contribution in [1.82, 2.24) is 10.2 Å². The van der Waals surface area contributed by atoms with Gasteiger partial charge in [-0.1, -0.05) is 48.5 Å². The molecule has 0 fully saturated rings. The minimum Gasteiger partial charge on any atom is -0.480 e. The molecule has 1 atom stereocenters. The summed E-state index contributed by atoms with van der Waals surface area (Å²) in [4.78, 5) is 25.5. The van der Waals surface area contributed by atoms with Crippen LogP contribution in [0.3, 0.4) is 0 Å². The molecule has 2 N–H and O–H groups in total. The maximum atomic E-state index is 12.1. The van der Waals surface area contributed by atoms with Crippen LogP contribution in [0.1, 0.15) is 15.9 Å². The van der Waals surface area contributed by atoms with Gasteiger partial charge >= 0.3 is 5.97 Å². The lowest BCUT2D eigenvalue weighted by Crippen LogP contribution is -2.48. The Balaban J connectivity index is 1.88. The Labute approximate surface area is 141 Å². The lowest BCUT2D eigenvalue weighted by atomic mass is 10.1. The van der Waals surface area contributed by atoms with Crippen LogP contribution in [0.25, 0.3) is 0 Å². The molecule has 0 radical (unpaired) electrons. The number of carbonyl (C=O) groups excluding carboxylic acids is 1. The molecule has 0 heterocycles. The summed E-state index contributed by atoms with van der Waals surface area (Å²) in [6.45, 7) is 0.968. The van der Waals surface area contributed by atoms with Crippen LogP contribution in [0.4, 0.5) is 0 Å². The Morgan fingerprint density at radius 2 is 1.62 bits per heavy atom. The summed E-state index contributed by atoms with van der Waals surface area (Å²) in [5.41, 5.74) is 1.65. The Hall–Kier alpha value is -2.66. The van der Waals surface area contributed by atoms with E-state index in [0.717, 1.165) is 13.0 Å². The van der Waals surface area contributed by atoms with Crippen LogP contribution in [-0.2, 0) is 11.2 Å². The second-order valence-corrected chi connectivity index (χ2v) is 5.73. The van der Waals surface area contributed by atoms with Gasteiger partial charge in [-0.25, -0.2) is 4.79 Å². The van der Waals surface area contributed by atoms with Gasteiger partial charge in [0, 0.05) is 18.7 Å². The summed E-state index contributed by atoms with van der Waals surface area (Å²) in [7, 11) is 1.85. The number of carbonyl (C=O) groups is 2. The highest BCUT2D eigenvalue weighted by Gasteiger charge is 2.22. The van der Waals surface area contributed by atoms with Crippen molar-refractivity contribution in [1.29, 1.82) is 0 Å². The number of amides is 1. The summed E-state index contributed by atoms with van der Waals surface area (Å²) in [5.74, 6) is -1.41. The molecule has 2 rings (SSSR count). The number of carboxylic acids is 1. The highest BCUT2D eigenvalue weighted by molar-refractivity contribution is 5.96.